The quantitative estimate of drug-likeness (QED) is 0.881. The minimum absolute atomic E-state index is 0.157. The van der Waals surface area contributed by atoms with Crippen LogP contribution in [0.15, 0.2) is 34.7 Å². The summed E-state index contributed by atoms with van der Waals surface area (Å²) in [4.78, 5) is 12.1. The third-order valence-corrected chi connectivity index (χ3v) is 3.22. The molecule has 0 saturated heterocycles. The van der Waals surface area contributed by atoms with E-state index in [1.54, 1.807) is 13.0 Å². The summed E-state index contributed by atoms with van der Waals surface area (Å²) in [6.45, 7) is 6.27. The van der Waals surface area contributed by atoms with Gasteiger partial charge in [0, 0.05) is 11.9 Å². The van der Waals surface area contributed by atoms with Crippen LogP contribution in [0.2, 0.25) is 0 Å². The van der Waals surface area contributed by atoms with Crippen molar-refractivity contribution < 1.29 is 14.3 Å². The largest absolute Gasteiger partial charge is 0.451 e. The van der Waals surface area contributed by atoms with Crippen LogP contribution in [0.4, 0.5) is 0 Å². The number of amides is 1. The van der Waals surface area contributed by atoms with Crippen molar-refractivity contribution >= 4 is 16.9 Å². The fourth-order valence-corrected chi connectivity index (χ4v) is 2.37. The van der Waals surface area contributed by atoms with E-state index < -0.39 is 0 Å². The molecule has 0 aliphatic heterocycles. The highest BCUT2D eigenvalue weighted by molar-refractivity contribution is 5.96. The Hall–Kier alpha value is -1.81. The first kappa shape index (κ1) is 14.6. The fraction of sp³-hybridized carbons (Fsp3) is 0.438. The number of carbonyl (C=O) groups excluding carboxylic acids is 1. The van der Waals surface area contributed by atoms with Crippen LogP contribution >= 0.6 is 0 Å². The lowest BCUT2D eigenvalue weighted by molar-refractivity contribution is 0.0878. The number of aliphatic hydroxyl groups excluding tert-OH is 1. The Balaban J connectivity index is 2.01. The van der Waals surface area contributed by atoms with Crippen molar-refractivity contribution in [2.75, 3.05) is 6.54 Å². The molecule has 0 spiro atoms. The van der Waals surface area contributed by atoms with Gasteiger partial charge in [-0.1, -0.05) is 32.0 Å². The van der Waals surface area contributed by atoms with E-state index in [9.17, 15) is 9.90 Å². The number of rotatable bonds is 5. The zero-order chi connectivity index (χ0) is 14.8. The summed E-state index contributed by atoms with van der Waals surface area (Å²) in [5, 5.41) is 13.2. The Bertz CT molecular complexity index is 566. The number of para-hydroxylation sites is 1. The summed E-state index contributed by atoms with van der Waals surface area (Å²) in [7, 11) is 0. The van der Waals surface area contributed by atoms with Gasteiger partial charge in [0.15, 0.2) is 5.76 Å². The molecule has 1 amide bonds. The van der Waals surface area contributed by atoms with Crippen LogP contribution < -0.4 is 5.32 Å². The number of hydrogen-bond donors (Lipinski definition) is 2. The average Bonchev–Trinajstić information content (AvgIpc) is 2.78. The molecule has 2 aromatic rings. The second-order valence-electron chi connectivity index (χ2n) is 6.05. The molecular formula is C16H21NO3. The molecule has 0 saturated carbocycles. The molecule has 1 atom stereocenters. The molecule has 2 N–H and O–H groups in total. The summed E-state index contributed by atoms with van der Waals surface area (Å²) >= 11 is 0. The van der Waals surface area contributed by atoms with Gasteiger partial charge in [0.25, 0.3) is 5.91 Å². The van der Waals surface area contributed by atoms with Gasteiger partial charge in [-0.3, -0.25) is 4.79 Å². The highest BCUT2D eigenvalue weighted by Crippen LogP contribution is 2.22. The van der Waals surface area contributed by atoms with Crippen LogP contribution in [0.3, 0.4) is 0 Å². The maximum Gasteiger partial charge on any atom is 0.287 e. The number of hydrogen-bond acceptors (Lipinski definition) is 3. The summed E-state index contributed by atoms with van der Waals surface area (Å²) < 4.78 is 5.51. The summed E-state index contributed by atoms with van der Waals surface area (Å²) in [5.74, 6) is 0.0962. The molecule has 0 aliphatic carbocycles. The predicted octanol–water partition coefficient (Wildman–Crippen LogP) is 2.96. The SMILES string of the molecule is CC(O)CC(C)(C)CNC(=O)c1cc2ccccc2o1. The lowest BCUT2D eigenvalue weighted by Crippen LogP contribution is -2.35. The Morgan fingerprint density at radius 3 is 2.75 bits per heavy atom. The summed E-state index contributed by atoms with van der Waals surface area (Å²) in [6.07, 6.45) is 0.251. The van der Waals surface area contributed by atoms with Crippen LogP contribution in [0, 0.1) is 5.41 Å². The van der Waals surface area contributed by atoms with E-state index in [1.165, 1.54) is 0 Å². The molecular weight excluding hydrogens is 254 g/mol. The molecule has 1 aromatic carbocycles. The predicted molar refractivity (Wildman–Crippen MR) is 78.6 cm³/mol. The average molecular weight is 275 g/mol. The van der Waals surface area contributed by atoms with Gasteiger partial charge < -0.3 is 14.8 Å². The zero-order valence-corrected chi connectivity index (χ0v) is 12.1. The third-order valence-electron chi connectivity index (χ3n) is 3.22. The Morgan fingerprint density at radius 1 is 1.40 bits per heavy atom. The van der Waals surface area contributed by atoms with Crippen molar-refractivity contribution in [3.05, 3.63) is 36.1 Å². The minimum atomic E-state index is -0.381. The number of nitrogens with one attached hydrogen (secondary N) is 1. The van der Waals surface area contributed by atoms with Crippen molar-refractivity contribution in [1.82, 2.24) is 5.32 Å². The van der Waals surface area contributed by atoms with Gasteiger partial charge in [0.1, 0.15) is 5.58 Å². The van der Waals surface area contributed by atoms with Crippen LogP contribution in [-0.2, 0) is 0 Å². The molecule has 1 aromatic heterocycles. The van der Waals surface area contributed by atoms with Gasteiger partial charge in [0.2, 0.25) is 0 Å². The summed E-state index contributed by atoms with van der Waals surface area (Å²) in [6, 6.07) is 9.27. The van der Waals surface area contributed by atoms with Gasteiger partial charge in [0.05, 0.1) is 6.10 Å². The topological polar surface area (TPSA) is 62.5 Å². The number of carbonyl (C=O) groups is 1. The van der Waals surface area contributed by atoms with Gasteiger partial charge >= 0.3 is 0 Å². The Labute approximate surface area is 118 Å². The Kier molecular flexibility index (Phi) is 4.14. The fourth-order valence-electron chi connectivity index (χ4n) is 2.37. The number of furan rings is 1. The van der Waals surface area contributed by atoms with Crippen LogP contribution in [0.1, 0.15) is 37.7 Å². The monoisotopic (exact) mass is 275 g/mol. The lowest BCUT2D eigenvalue weighted by atomic mass is 9.87. The molecule has 4 heteroatoms. The standard InChI is InChI=1S/C16H21NO3/c1-11(18)9-16(2,3)10-17-15(19)14-8-12-6-4-5-7-13(12)20-14/h4-8,11,18H,9-10H2,1-3H3,(H,17,19). The lowest BCUT2D eigenvalue weighted by Gasteiger charge is -2.26. The molecule has 0 fully saturated rings. The van der Waals surface area contributed by atoms with E-state index in [4.69, 9.17) is 4.42 Å². The second kappa shape index (κ2) is 5.67. The van der Waals surface area contributed by atoms with Gasteiger partial charge in [-0.25, -0.2) is 0 Å². The van der Waals surface area contributed by atoms with E-state index in [-0.39, 0.29) is 17.4 Å². The summed E-state index contributed by atoms with van der Waals surface area (Å²) in [5.41, 5.74) is 0.552. The molecule has 0 radical (unpaired) electrons. The second-order valence-corrected chi connectivity index (χ2v) is 6.05. The normalized spacial score (nSPS) is 13.4. The van der Waals surface area contributed by atoms with Crippen molar-refractivity contribution in [3.8, 4) is 0 Å². The molecule has 4 nitrogen and oxygen atoms in total. The van der Waals surface area contributed by atoms with E-state index >= 15 is 0 Å². The van der Waals surface area contributed by atoms with E-state index in [2.05, 4.69) is 5.32 Å². The third kappa shape index (κ3) is 3.61. The number of aliphatic hydroxyl groups is 1. The van der Waals surface area contributed by atoms with Gasteiger partial charge in [-0.2, -0.15) is 0 Å². The first-order chi connectivity index (χ1) is 9.37. The first-order valence-corrected chi connectivity index (χ1v) is 6.82. The van der Waals surface area contributed by atoms with Gasteiger partial charge in [-0.05, 0) is 30.9 Å². The molecule has 20 heavy (non-hydrogen) atoms. The molecule has 0 aliphatic rings. The van der Waals surface area contributed by atoms with Crippen molar-refractivity contribution in [1.29, 1.82) is 0 Å². The first-order valence-electron chi connectivity index (χ1n) is 6.82. The van der Waals surface area contributed by atoms with E-state index in [0.29, 0.717) is 24.3 Å². The smallest absolute Gasteiger partial charge is 0.287 e. The van der Waals surface area contributed by atoms with E-state index in [1.807, 2.05) is 38.1 Å². The minimum Gasteiger partial charge on any atom is -0.451 e. The van der Waals surface area contributed by atoms with Gasteiger partial charge in [-0.15, -0.1) is 0 Å². The van der Waals surface area contributed by atoms with Crippen molar-refractivity contribution in [3.63, 3.8) is 0 Å². The maximum absolute atomic E-state index is 12.1. The van der Waals surface area contributed by atoms with E-state index in [0.717, 1.165) is 5.39 Å². The number of fused-ring (bicyclic) bond motifs is 1. The molecule has 2 rings (SSSR count). The molecule has 0 bridgehead atoms. The Morgan fingerprint density at radius 2 is 2.10 bits per heavy atom. The molecule has 108 valence electrons. The highest BCUT2D eigenvalue weighted by atomic mass is 16.3. The highest BCUT2D eigenvalue weighted by Gasteiger charge is 2.22. The maximum atomic E-state index is 12.1. The van der Waals surface area contributed by atoms with Crippen molar-refractivity contribution in [2.24, 2.45) is 5.41 Å². The van der Waals surface area contributed by atoms with Crippen LogP contribution in [0.25, 0.3) is 11.0 Å². The molecule has 1 unspecified atom stereocenters. The van der Waals surface area contributed by atoms with Crippen LogP contribution in [-0.4, -0.2) is 23.7 Å². The zero-order valence-electron chi connectivity index (χ0n) is 12.1. The van der Waals surface area contributed by atoms with Crippen molar-refractivity contribution in [2.45, 2.75) is 33.3 Å². The van der Waals surface area contributed by atoms with Crippen LogP contribution in [0.5, 0.6) is 0 Å². The number of benzene rings is 1. The molecule has 1 heterocycles.